The van der Waals surface area contributed by atoms with Crippen LogP contribution in [0, 0.1) is 13.8 Å². The molecule has 0 radical (unpaired) electrons. The SMILES string of the molecule is CCCCCN1C(=O)c2[nH]nc(-c3c(C)cc(C)cc3O)c2C1c1cccc(O)c1. The summed E-state index contributed by atoms with van der Waals surface area (Å²) in [6.07, 6.45) is 3.00. The topological polar surface area (TPSA) is 89.5 Å². The Kier molecular flexibility index (Phi) is 5.24. The van der Waals surface area contributed by atoms with Gasteiger partial charge >= 0.3 is 0 Å². The zero-order valence-electron chi connectivity index (χ0n) is 17.6. The largest absolute Gasteiger partial charge is 0.508 e. The number of aromatic nitrogens is 2. The van der Waals surface area contributed by atoms with Gasteiger partial charge in [0.2, 0.25) is 0 Å². The highest BCUT2D eigenvalue weighted by Gasteiger charge is 2.42. The van der Waals surface area contributed by atoms with Crippen molar-refractivity contribution in [1.29, 1.82) is 0 Å². The summed E-state index contributed by atoms with van der Waals surface area (Å²) >= 11 is 0. The molecule has 1 aliphatic heterocycles. The van der Waals surface area contributed by atoms with Crippen molar-refractivity contribution in [3.05, 3.63) is 64.3 Å². The number of hydrogen-bond donors (Lipinski definition) is 3. The van der Waals surface area contributed by atoms with Crippen LogP contribution >= 0.6 is 0 Å². The van der Waals surface area contributed by atoms with E-state index in [1.807, 2.05) is 30.9 Å². The number of fused-ring (bicyclic) bond motifs is 1. The molecule has 1 amide bonds. The van der Waals surface area contributed by atoms with Crippen LogP contribution in [0.1, 0.15) is 65.0 Å². The number of carbonyl (C=O) groups is 1. The predicted octanol–water partition coefficient (Wildman–Crippen LogP) is 4.84. The molecule has 1 aromatic heterocycles. The van der Waals surface area contributed by atoms with Crippen LogP contribution in [0.3, 0.4) is 0 Å². The summed E-state index contributed by atoms with van der Waals surface area (Å²) in [6, 6.07) is 10.3. The van der Waals surface area contributed by atoms with E-state index in [0.717, 1.165) is 41.5 Å². The highest BCUT2D eigenvalue weighted by molar-refractivity contribution is 6.00. The van der Waals surface area contributed by atoms with Crippen LogP contribution in [0.5, 0.6) is 11.5 Å². The summed E-state index contributed by atoms with van der Waals surface area (Å²) < 4.78 is 0. The summed E-state index contributed by atoms with van der Waals surface area (Å²) in [6.45, 7) is 6.61. The van der Waals surface area contributed by atoms with Gasteiger partial charge in [0.25, 0.3) is 5.91 Å². The van der Waals surface area contributed by atoms with E-state index in [4.69, 9.17) is 0 Å². The van der Waals surface area contributed by atoms with Crippen molar-refractivity contribution in [2.75, 3.05) is 6.54 Å². The number of aromatic hydroxyl groups is 2. The number of hydrogen-bond acceptors (Lipinski definition) is 4. The number of unbranched alkanes of at least 4 members (excludes halogenated alkanes) is 2. The minimum absolute atomic E-state index is 0.0996. The van der Waals surface area contributed by atoms with Crippen LogP contribution in [0.4, 0.5) is 0 Å². The van der Waals surface area contributed by atoms with Gasteiger partial charge < -0.3 is 15.1 Å². The van der Waals surface area contributed by atoms with Crippen molar-refractivity contribution >= 4 is 5.91 Å². The Balaban J connectivity index is 1.88. The van der Waals surface area contributed by atoms with Crippen LogP contribution in [-0.2, 0) is 0 Å². The number of aromatic amines is 1. The van der Waals surface area contributed by atoms with E-state index in [-0.39, 0.29) is 23.4 Å². The van der Waals surface area contributed by atoms with Crippen molar-refractivity contribution in [1.82, 2.24) is 15.1 Å². The second-order valence-electron chi connectivity index (χ2n) is 8.04. The molecule has 2 heterocycles. The molecule has 0 saturated carbocycles. The number of rotatable bonds is 6. The summed E-state index contributed by atoms with van der Waals surface area (Å²) in [5, 5.41) is 28.1. The number of nitrogens with one attached hydrogen (secondary N) is 1. The van der Waals surface area contributed by atoms with E-state index in [1.54, 1.807) is 24.3 Å². The molecule has 6 heteroatoms. The Bertz CT molecular complexity index is 1080. The molecule has 6 nitrogen and oxygen atoms in total. The number of carbonyl (C=O) groups excluding carboxylic acids is 1. The average Bonchev–Trinajstić information content (AvgIpc) is 3.21. The van der Waals surface area contributed by atoms with Gasteiger partial charge in [-0.3, -0.25) is 9.89 Å². The molecule has 0 fully saturated rings. The van der Waals surface area contributed by atoms with E-state index < -0.39 is 0 Å². The molecule has 30 heavy (non-hydrogen) atoms. The van der Waals surface area contributed by atoms with Crippen LogP contribution in [0.15, 0.2) is 36.4 Å². The number of phenolic OH excluding ortho intramolecular Hbond substituents is 2. The molecule has 0 aliphatic carbocycles. The highest BCUT2D eigenvalue weighted by atomic mass is 16.3. The molecule has 1 atom stereocenters. The molecular weight excluding hydrogens is 378 g/mol. The number of nitrogens with zero attached hydrogens (tertiary/aromatic N) is 2. The molecule has 0 spiro atoms. The third kappa shape index (κ3) is 3.32. The Morgan fingerprint density at radius 3 is 2.63 bits per heavy atom. The fourth-order valence-corrected chi connectivity index (χ4v) is 4.44. The smallest absolute Gasteiger partial charge is 0.273 e. The average molecular weight is 405 g/mol. The second-order valence-corrected chi connectivity index (χ2v) is 8.04. The fraction of sp³-hybridized carbons (Fsp3) is 0.333. The Hall–Kier alpha value is -3.28. The third-order valence-corrected chi connectivity index (χ3v) is 5.75. The monoisotopic (exact) mass is 405 g/mol. The van der Waals surface area contributed by atoms with Gasteiger partial charge in [0.1, 0.15) is 22.9 Å². The summed E-state index contributed by atoms with van der Waals surface area (Å²) in [4.78, 5) is 15.1. The minimum Gasteiger partial charge on any atom is -0.508 e. The molecule has 156 valence electrons. The lowest BCUT2D eigenvalue weighted by Crippen LogP contribution is -2.30. The number of H-pyrrole nitrogens is 1. The van der Waals surface area contributed by atoms with E-state index in [1.165, 1.54) is 0 Å². The van der Waals surface area contributed by atoms with Crippen molar-refractivity contribution < 1.29 is 15.0 Å². The Morgan fingerprint density at radius 1 is 1.13 bits per heavy atom. The van der Waals surface area contributed by atoms with E-state index >= 15 is 0 Å². The highest BCUT2D eigenvalue weighted by Crippen LogP contribution is 2.46. The van der Waals surface area contributed by atoms with Gasteiger partial charge in [-0.1, -0.05) is 38.0 Å². The van der Waals surface area contributed by atoms with Gasteiger partial charge in [-0.05, 0) is 55.2 Å². The number of benzene rings is 2. The maximum atomic E-state index is 13.3. The van der Waals surface area contributed by atoms with Crippen molar-refractivity contribution in [2.24, 2.45) is 0 Å². The lowest BCUT2D eigenvalue weighted by atomic mass is 9.93. The molecular formula is C24H27N3O3. The first-order chi connectivity index (χ1) is 14.4. The van der Waals surface area contributed by atoms with Gasteiger partial charge in [0.05, 0.1) is 6.04 Å². The molecule has 3 aromatic rings. The van der Waals surface area contributed by atoms with E-state index in [2.05, 4.69) is 17.1 Å². The molecule has 1 unspecified atom stereocenters. The summed E-state index contributed by atoms with van der Waals surface area (Å²) in [5.41, 5.74) is 5.10. The second kappa shape index (κ2) is 7.86. The lowest BCUT2D eigenvalue weighted by Gasteiger charge is -2.26. The van der Waals surface area contributed by atoms with Crippen molar-refractivity contribution in [2.45, 2.75) is 46.1 Å². The predicted molar refractivity (Wildman–Crippen MR) is 116 cm³/mol. The first kappa shape index (κ1) is 20.0. The van der Waals surface area contributed by atoms with Crippen LogP contribution in [-0.4, -0.2) is 37.8 Å². The molecule has 2 aromatic carbocycles. The third-order valence-electron chi connectivity index (χ3n) is 5.75. The maximum absolute atomic E-state index is 13.3. The van der Waals surface area contributed by atoms with Crippen LogP contribution in [0.25, 0.3) is 11.3 Å². The quantitative estimate of drug-likeness (QED) is 0.512. The van der Waals surface area contributed by atoms with E-state index in [0.29, 0.717) is 23.5 Å². The summed E-state index contributed by atoms with van der Waals surface area (Å²) in [7, 11) is 0. The van der Waals surface area contributed by atoms with Gasteiger partial charge in [-0.2, -0.15) is 5.10 Å². The zero-order valence-corrected chi connectivity index (χ0v) is 17.6. The van der Waals surface area contributed by atoms with E-state index in [9.17, 15) is 15.0 Å². The van der Waals surface area contributed by atoms with Crippen LogP contribution in [0.2, 0.25) is 0 Å². The molecule has 0 saturated heterocycles. The molecule has 3 N–H and O–H groups in total. The Morgan fingerprint density at radius 2 is 1.93 bits per heavy atom. The normalized spacial score (nSPS) is 15.6. The first-order valence-electron chi connectivity index (χ1n) is 10.4. The van der Waals surface area contributed by atoms with Crippen LogP contribution < -0.4 is 0 Å². The minimum atomic E-state index is -0.370. The summed E-state index contributed by atoms with van der Waals surface area (Å²) in [5.74, 6) is 0.201. The fourth-order valence-electron chi connectivity index (χ4n) is 4.44. The first-order valence-corrected chi connectivity index (χ1v) is 10.4. The van der Waals surface area contributed by atoms with Gasteiger partial charge in [0.15, 0.2) is 0 Å². The standard InChI is InChI=1S/C24H27N3O3/c1-4-5-6-10-27-23(16-8-7-9-17(28)13-16)20-21(25-26-22(20)24(27)30)19-15(3)11-14(2)12-18(19)29/h7-9,11-13,23,28-29H,4-6,10H2,1-3H3,(H,25,26). The molecule has 1 aliphatic rings. The zero-order chi connectivity index (χ0) is 21.4. The van der Waals surface area contributed by atoms with Gasteiger partial charge in [-0.25, -0.2) is 0 Å². The maximum Gasteiger partial charge on any atom is 0.273 e. The van der Waals surface area contributed by atoms with Gasteiger partial charge in [-0.15, -0.1) is 0 Å². The molecule has 0 bridgehead atoms. The van der Waals surface area contributed by atoms with Gasteiger partial charge in [0, 0.05) is 17.7 Å². The van der Waals surface area contributed by atoms with Crippen molar-refractivity contribution in [3.8, 4) is 22.8 Å². The number of phenols is 2. The number of amides is 1. The lowest BCUT2D eigenvalue weighted by molar-refractivity contribution is 0.0740. The Labute approximate surface area is 176 Å². The van der Waals surface area contributed by atoms with Crippen molar-refractivity contribution in [3.63, 3.8) is 0 Å². The number of aryl methyl sites for hydroxylation is 2. The molecule has 4 rings (SSSR count).